The maximum Gasteiger partial charge on any atom is 0.248 e. The number of hydrogen-bond acceptors (Lipinski definition) is 3. The molecule has 21 heavy (non-hydrogen) atoms. The molecule has 5 heteroatoms. The fourth-order valence-corrected chi connectivity index (χ4v) is 2.39. The molecule has 5 nitrogen and oxygen atoms in total. The molecule has 0 aromatic heterocycles. The van der Waals surface area contributed by atoms with Crippen molar-refractivity contribution in [1.82, 2.24) is 10.2 Å². The highest BCUT2D eigenvalue weighted by Crippen LogP contribution is 2.28. The lowest BCUT2D eigenvalue weighted by Gasteiger charge is -2.47. The van der Waals surface area contributed by atoms with E-state index in [0.29, 0.717) is 6.54 Å². The summed E-state index contributed by atoms with van der Waals surface area (Å²) in [6.45, 7) is 7.37. The normalized spacial score (nSPS) is 20.1. The predicted molar refractivity (Wildman–Crippen MR) is 79.8 cm³/mol. The number of carbonyl (C=O) groups is 2. The lowest BCUT2D eigenvalue weighted by atomic mass is 9.89. The number of nitrogens with one attached hydrogen (secondary N) is 1. The van der Waals surface area contributed by atoms with Crippen LogP contribution in [0.5, 0.6) is 5.75 Å². The average Bonchev–Trinajstić information content (AvgIpc) is 2.42. The molecular weight excluding hydrogens is 268 g/mol. The van der Waals surface area contributed by atoms with E-state index in [1.54, 1.807) is 39.7 Å². The summed E-state index contributed by atoms with van der Waals surface area (Å²) in [7, 11) is 1.61. The molecule has 0 saturated carbocycles. The molecule has 1 aliphatic heterocycles. The maximum absolute atomic E-state index is 12.6. The third-order valence-corrected chi connectivity index (χ3v) is 3.94. The number of amides is 2. The van der Waals surface area contributed by atoms with E-state index in [1.807, 2.05) is 24.3 Å². The number of carbonyl (C=O) groups excluding carboxylic acids is 2. The van der Waals surface area contributed by atoms with Gasteiger partial charge in [-0.1, -0.05) is 12.1 Å². The number of methoxy groups -OCH3 is 1. The molecule has 0 radical (unpaired) electrons. The van der Waals surface area contributed by atoms with Crippen molar-refractivity contribution < 1.29 is 14.3 Å². The van der Waals surface area contributed by atoms with Gasteiger partial charge in [-0.3, -0.25) is 9.59 Å². The third-order valence-electron chi connectivity index (χ3n) is 3.94. The number of benzene rings is 1. The first kappa shape index (κ1) is 15.4. The fraction of sp³-hybridized carbons (Fsp3) is 0.500. The van der Waals surface area contributed by atoms with Crippen LogP contribution in [0.4, 0.5) is 0 Å². The highest BCUT2D eigenvalue weighted by atomic mass is 16.5. The van der Waals surface area contributed by atoms with Gasteiger partial charge < -0.3 is 15.0 Å². The Morgan fingerprint density at radius 1 is 1.10 bits per heavy atom. The Morgan fingerprint density at radius 3 is 2.19 bits per heavy atom. The second-order valence-electron chi connectivity index (χ2n) is 6.38. The van der Waals surface area contributed by atoms with Crippen molar-refractivity contribution in [2.75, 3.05) is 7.11 Å². The van der Waals surface area contributed by atoms with E-state index in [4.69, 9.17) is 4.74 Å². The Bertz CT molecular complexity index is 561. The largest absolute Gasteiger partial charge is 0.497 e. The molecule has 0 spiro atoms. The molecule has 0 unspecified atom stereocenters. The van der Waals surface area contributed by atoms with Crippen LogP contribution in [0.25, 0.3) is 0 Å². The fourth-order valence-electron chi connectivity index (χ4n) is 2.39. The van der Waals surface area contributed by atoms with Gasteiger partial charge in [-0.05, 0) is 45.4 Å². The van der Waals surface area contributed by atoms with Crippen LogP contribution >= 0.6 is 0 Å². The van der Waals surface area contributed by atoms with Crippen molar-refractivity contribution in [2.24, 2.45) is 0 Å². The SMILES string of the molecule is COc1ccc(CN2C(=O)C(C)(C)NC(=O)C2(C)C)cc1. The number of nitrogens with zero attached hydrogens (tertiary/aromatic N) is 1. The van der Waals surface area contributed by atoms with Crippen molar-refractivity contribution in [3.05, 3.63) is 29.8 Å². The molecular formula is C16H22N2O3. The Labute approximate surface area is 125 Å². The third kappa shape index (κ3) is 2.73. The lowest BCUT2D eigenvalue weighted by Crippen LogP contribution is -2.71. The summed E-state index contributed by atoms with van der Waals surface area (Å²) in [5, 5.41) is 2.78. The summed E-state index contributed by atoms with van der Waals surface area (Å²) < 4.78 is 5.13. The van der Waals surface area contributed by atoms with E-state index in [1.165, 1.54) is 0 Å². The second-order valence-corrected chi connectivity index (χ2v) is 6.38. The molecule has 1 fully saturated rings. The van der Waals surface area contributed by atoms with Crippen LogP contribution in [-0.4, -0.2) is 34.9 Å². The monoisotopic (exact) mass is 290 g/mol. The molecule has 1 aromatic carbocycles. The summed E-state index contributed by atoms with van der Waals surface area (Å²) in [6.07, 6.45) is 0. The number of hydrogen-bond donors (Lipinski definition) is 1. The van der Waals surface area contributed by atoms with Gasteiger partial charge in [-0.25, -0.2) is 0 Å². The first-order chi connectivity index (χ1) is 9.68. The van der Waals surface area contributed by atoms with Crippen LogP contribution in [0.1, 0.15) is 33.3 Å². The van der Waals surface area contributed by atoms with E-state index >= 15 is 0 Å². The zero-order valence-corrected chi connectivity index (χ0v) is 13.2. The van der Waals surface area contributed by atoms with E-state index in [2.05, 4.69) is 5.32 Å². The molecule has 0 atom stereocenters. The van der Waals surface area contributed by atoms with Gasteiger partial charge >= 0.3 is 0 Å². The predicted octanol–water partition coefficient (Wildman–Crippen LogP) is 1.71. The molecule has 1 aliphatic rings. The molecule has 1 heterocycles. The van der Waals surface area contributed by atoms with Crippen molar-refractivity contribution in [1.29, 1.82) is 0 Å². The van der Waals surface area contributed by atoms with Crippen LogP contribution in [0.3, 0.4) is 0 Å². The average molecular weight is 290 g/mol. The summed E-state index contributed by atoms with van der Waals surface area (Å²) >= 11 is 0. The van der Waals surface area contributed by atoms with E-state index < -0.39 is 11.1 Å². The Kier molecular flexibility index (Phi) is 3.70. The van der Waals surface area contributed by atoms with Gasteiger partial charge in [0.25, 0.3) is 0 Å². The minimum Gasteiger partial charge on any atom is -0.497 e. The van der Waals surface area contributed by atoms with E-state index in [0.717, 1.165) is 11.3 Å². The van der Waals surface area contributed by atoms with Gasteiger partial charge in [0.2, 0.25) is 11.8 Å². The smallest absolute Gasteiger partial charge is 0.248 e. The van der Waals surface area contributed by atoms with Crippen LogP contribution in [-0.2, 0) is 16.1 Å². The Morgan fingerprint density at radius 2 is 1.67 bits per heavy atom. The summed E-state index contributed by atoms with van der Waals surface area (Å²) in [5.41, 5.74) is -0.784. The highest BCUT2D eigenvalue weighted by Gasteiger charge is 2.49. The van der Waals surface area contributed by atoms with E-state index in [-0.39, 0.29) is 11.8 Å². The highest BCUT2D eigenvalue weighted by molar-refractivity contribution is 6.01. The molecule has 1 N–H and O–H groups in total. The van der Waals surface area contributed by atoms with Crippen molar-refractivity contribution >= 4 is 11.8 Å². The van der Waals surface area contributed by atoms with Crippen LogP contribution in [0, 0.1) is 0 Å². The summed E-state index contributed by atoms with van der Waals surface area (Å²) in [6, 6.07) is 7.51. The zero-order valence-electron chi connectivity index (χ0n) is 13.2. The van der Waals surface area contributed by atoms with Gasteiger partial charge in [0.1, 0.15) is 16.8 Å². The summed E-state index contributed by atoms with van der Waals surface area (Å²) in [4.78, 5) is 26.5. The first-order valence-electron chi connectivity index (χ1n) is 6.96. The quantitative estimate of drug-likeness (QED) is 0.922. The van der Waals surface area contributed by atoms with Crippen molar-refractivity contribution in [3.63, 3.8) is 0 Å². The number of rotatable bonds is 3. The number of piperazine rings is 1. The van der Waals surface area contributed by atoms with Crippen LogP contribution < -0.4 is 10.1 Å². The molecule has 1 saturated heterocycles. The van der Waals surface area contributed by atoms with Crippen molar-refractivity contribution in [3.8, 4) is 5.75 Å². The minimum absolute atomic E-state index is 0.0806. The van der Waals surface area contributed by atoms with Gasteiger partial charge in [-0.2, -0.15) is 0 Å². The number of ether oxygens (including phenoxy) is 1. The van der Waals surface area contributed by atoms with Gasteiger partial charge in [0, 0.05) is 6.54 Å². The van der Waals surface area contributed by atoms with Gasteiger partial charge in [-0.15, -0.1) is 0 Å². The molecule has 2 amide bonds. The summed E-state index contributed by atoms with van der Waals surface area (Å²) in [5.74, 6) is 0.546. The first-order valence-corrected chi connectivity index (χ1v) is 6.96. The standard InChI is InChI=1S/C16H22N2O3/c1-15(2)14(20)18(16(3,4)13(19)17-15)10-11-6-8-12(21-5)9-7-11/h6-9H,10H2,1-5H3,(H,17,19). The molecule has 0 aliphatic carbocycles. The molecule has 0 bridgehead atoms. The lowest BCUT2D eigenvalue weighted by molar-refractivity contribution is -0.160. The van der Waals surface area contributed by atoms with Crippen molar-refractivity contribution in [2.45, 2.75) is 45.3 Å². The maximum atomic E-state index is 12.6. The Balaban J connectivity index is 2.29. The second kappa shape index (κ2) is 5.06. The Hall–Kier alpha value is -2.04. The van der Waals surface area contributed by atoms with Gasteiger partial charge in [0.05, 0.1) is 7.11 Å². The van der Waals surface area contributed by atoms with E-state index in [9.17, 15) is 9.59 Å². The van der Waals surface area contributed by atoms with Gasteiger partial charge in [0.15, 0.2) is 0 Å². The molecule has 2 rings (SSSR count). The molecule has 114 valence electrons. The topological polar surface area (TPSA) is 58.6 Å². The van der Waals surface area contributed by atoms with Crippen LogP contribution in [0.2, 0.25) is 0 Å². The molecule has 1 aromatic rings. The minimum atomic E-state index is -0.876. The van der Waals surface area contributed by atoms with Crippen LogP contribution in [0.15, 0.2) is 24.3 Å². The zero-order chi connectivity index (χ0) is 15.8.